The van der Waals surface area contributed by atoms with Crippen LogP contribution in [0.3, 0.4) is 0 Å². The first-order valence-corrected chi connectivity index (χ1v) is 7.29. The zero-order valence-electron chi connectivity index (χ0n) is 11.8. The molecule has 1 aromatic rings. The molecule has 2 unspecified atom stereocenters. The first kappa shape index (κ1) is 13.8. The Morgan fingerprint density at radius 2 is 2.25 bits per heavy atom. The molecule has 20 heavy (non-hydrogen) atoms. The molecule has 1 saturated carbocycles. The van der Waals surface area contributed by atoms with Crippen LogP contribution in [0.5, 0.6) is 5.75 Å². The predicted octanol–water partition coefficient (Wildman–Crippen LogP) is 3.22. The number of halogens is 1. The molecule has 0 radical (unpaired) electrons. The fraction of sp³-hybridized carbons (Fsp3) is 0.625. The fourth-order valence-electron chi connectivity index (χ4n) is 3.38. The van der Waals surface area contributed by atoms with Crippen molar-refractivity contribution in [3.8, 4) is 5.75 Å². The molecule has 1 aliphatic heterocycles. The van der Waals surface area contributed by atoms with Gasteiger partial charge in [-0.1, -0.05) is 0 Å². The molecule has 0 bridgehead atoms. The second-order valence-corrected chi connectivity index (χ2v) is 5.97. The lowest BCUT2D eigenvalue weighted by molar-refractivity contribution is -0.157. The van der Waals surface area contributed by atoms with Gasteiger partial charge in [0.05, 0.1) is 18.8 Å². The largest absolute Gasteiger partial charge is 0.497 e. The highest BCUT2D eigenvalue weighted by Gasteiger charge is 2.44. The molecule has 3 nitrogen and oxygen atoms in total. The summed E-state index contributed by atoms with van der Waals surface area (Å²) >= 11 is 0. The van der Waals surface area contributed by atoms with E-state index in [0.717, 1.165) is 25.7 Å². The van der Waals surface area contributed by atoms with Crippen LogP contribution in [-0.2, 0) is 4.74 Å². The number of hydrogen-bond acceptors (Lipinski definition) is 3. The average Bonchev–Trinajstić information content (AvgIpc) is 2.45. The second kappa shape index (κ2) is 5.34. The van der Waals surface area contributed by atoms with Crippen LogP contribution < -0.4 is 4.74 Å². The van der Waals surface area contributed by atoms with Gasteiger partial charge in [0.1, 0.15) is 11.6 Å². The monoisotopic (exact) mass is 280 g/mol. The molecular formula is C16H21FO3. The Labute approximate surface area is 118 Å². The minimum absolute atomic E-state index is 0.0349. The van der Waals surface area contributed by atoms with Gasteiger partial charge >= 0.3 is 0 Å². The van der Waals surface area contributed by atoms with Gasteiger partial charge in [-0.15, -0.1) is 0 Å². The van der Waals surface area contributed by atoms with Crippen molar-refractivity contribution < 1.29 is 19.0 Å². The number of aliphatic hydroxyl groups is 1. The van der Waals surface area contributed by atoms with E-state index in [2.05, 4.69) is 0 Å². The van der Waals surface area contributed by atoms with Crippen molar-refractivity contribution in [2.45, 2.75) is 43.8 Å². The van der Waals surface area contributed by atoms with Gasteiger partial charge in [-0.05, 0) is 50.2 Å². The number of aliphatic hydroxyl groups excluding tert-OH is 1. The van der Waals surface area contributed by atoms with Crippen LogP contribution in [-0.4, -0.2) is 24.4 Å². The summed E-state index contributed by atoms with van der Waals surface area (Å²) in [5.41, 5.74) is 0.333. The molecule has 1 spiro atoms. The third kappa shape index (κ3) is 2.42. The van der Waals surface area contributed by atoms with Gasteiger partial charge in [-0.3, -0.25) is 0 Å². The van der Waals surface area contributed by atoms with Gasteiger partial charge in [0.15, 0.2) is 0 Å². The Bertz CT molecular complexity index is 485. The van der Waals surface area contributed by atoms with Crippen molar-refractivity contribution in [1.82, 2.24) is 0 Å². The van der Waals surface area contributed by atoms with Crippen molar-refractivity contribution in [3.63, 3.8) is 0 Å². The van der Waals surface area contributed by atoms with Gasteiger partial charge < -0.3 is 14.6 Å². The SMILES string of the molecule is COc1ccc(C(O)C2CCOC3(CCC3)C2)c(F)c1. The number of rotatable bonds is 3. The second-order valence-electron chi connectivity index (χ2n) is 5.97. The zero-order chi connectivity index (χ0) is 14.2. The van der Waals surface area contributed by atoms with Gasteiger partial charge in [-0.25, -0.2) is 4.39 Å². The van der Waals surface area contributed by atoms with Crippen LogP contribution in [0.15, 0.2) is 18.2 Å². The summed E-state index contributed by atoms with van der Waals surface area (Å²) in [6, 6.07) is 4.65. The topological polar surface area (TPSA) is 38.7 Å². The Morgan fingerprint density at radius 1 is 1.45 bits per heavy atom. The van der Waals surface area contributed by atoms with Crippen LogP contribution >= 0.6 is 0 Å². The highest BCUT2D eigenvalue weighted by Crippen LogP contribution is 2.47. The maximum atomic E-state index is 14.1. The Balaban J connectivity index is 1.76. The molecule has 1 heterocycles. The lowest BCUT2D eigenvalue weighted by atomic mass is 9.70. The third-order valence-electron chi connectivity index (χ3n) is 4.77. The molecule has 3 rings (SSSR count). The quantitative estimate of drug-likeness (QED) is 0.924. The van der Waals surface area contributed by atoms with E-state index in [0.29, 0.717) is 17.9 Å². The minimum Gasteiger partial charge on any atom is -0.497 e. The van der Waals surface area contributed by atoms with Crippen LogP contribution in [0.25, 0.3) is 0 Å². The van der Waals surface area contributed by atoms with E-state index in [1.165, 1.54) is 19.6 Å². The van der Waals surface area contributed by atoms with Gasteiger partial charge in [-0.2, -0.15) is 0 Å². The highest BCUT2D eigenvalue weighted by molar-refractivity contribution is 5.30. The maximum absolute atomic E-state index is 14.1. The maximum Gasteiger partial charge on any atom is 0.132 e. The fourth-order valence-corrected chi connectivity index (χ4v) is 3.38. The molecule has 2 fully saturated rings. The molecule has 1 aromatic carbocycles. The average molecular weight is 280 g/mol. The summed E-state index contributed by atoms with van der Waals surface area (Å²) < 4.78 is 24.9. The molecule has 0 amide bonds. The normalized spacial score (nSPS) is 26.1. The van der Waals surface area contributed by atoms with E-state index in [1.54, 1.807) is 12.1 Å². The van der Waals surface area contributed by atoms with E-state index in [-0.39, 0.29) is 11.5 Å². The molecule has 1 saturated heterocycles. The van der Waals surface area contributed by atoms with E-state index < -0.39 is 11.9 Å². The third-order valence-corrected chi connectivity index (χ3v) is 4.77. The van der Waals surface area contributed by atoms with Gasteiger partial charge in [0.2, 0.25) is 0 Å². The Kier molecular flexibility index (Phi) is 3.69. The molecule has 1 N–H and O–H groups in total. The summed E-state index contributed by atoms with van der Waals surface area (Å²) in [5.74, 6) is 0.152. The first-order valence-electron chi connectivity index (χ1n) is 7.29. The van der Waals surface area contributed by atoms with Crippen LogP contribution in [0.2, 0.25) is 0 Å². The molecule has 0 aromatic heterocycles. The van der Waals surface area contributed by atoms with Crippen LogP contribution in [0, 0.1) is 11.7 Å². The Hall–Kier alpha value is -1.13. The summed E-state index contributed by atoms with van der Waals surface area (Å²) in [5, 5.41) is 10.5. The van der Waals surface area contributed by atoms with Crippen molar-refractivity contribution in [3.05, 3.63) is 29.6 Å². The lowest BCUT2D eigenvalue weighted by Gasteiger charge is -2.48. The number of methoxy groups -OCH3 is 1. The van der Waals surface area contributed by atoms with E-state index in [9.17, 15) is 9.50 Å². The van der Waals surface area contributed by atoms with E-state index in [1.807, 2.05) is 0 Å². The molecule has 2 atom stereocenters. The van der Waals surface area contributed by atoms with Crippen LogP contribution in [0.4, 0.5) is 4.39 Å². The molecular weight excluding hydrogens is 259 g/mol. The number of hydrogen-bond donors (Lipinski definition) is 1. The van der Waals surface area contributed by atoms with Gasteiger partial charge in [0.25, 0.3) is 0 Å². The molecule has 1 aliphatic carbocycles. The first-order chi connectivity index (χ1) is 9.63. The number of benzene rings is 1. The van der Waals surface area contributed by atoms with Crippen molar-refractivity contribution in [1.29, 1.82) is 0 Å². The zero-order valence-corrected chi connectivity index (χ0v) is 11.8. The summed E-state index contributed by atoms with van der Waals surface area (Å²) in [6.07, 6.45) is 4.19. The summed E-state index contributed by atoms with van der Waals surface area (Å²) in [4.78, 5) is 0. The van der Waals surface area contributed by atoms with Crippen molar-refractivity contribution in [2.75, 3.05) is 13.7 Å². The standard InChI is InChI=1S/C16H21FO3/c1-19-12-3-4-13(14(17)9-12)15(18)11-5-8-20-16(10-11)6-2-7-16/h3-4,9,11,15,18H,2,5-8,10H2,1H3. The smallest absolute Gasteiger partial charge is 0.132 e. The minimum atomic E-state index is -0.762. The molecule has 4 heteroatoms. The van der Waals surface area contributed by atoms with E-state index in [4.69, 9.17) is 9.47 Å². The number of ether oxygens (including phenoxy) is 2. The summed E-state index contributed by atoms with van der Waals surface area (Å²) in [7, 11) is 1.50. The van der Waals surface area contributed by atoms with Crippen molar-refractivity contribution in [2.24, 2.45) is 5.92 Å². The molecule has 2 aliphatic rings. The lowest BCUT2D eigenvalue weighted by Crippen LogP contribution is -2.46. The van der Waals surface area contributed by atoms with Gasteiger partial charge in [0, 0.05) is 18.2 Å². The van der Waals surface area contributed by atoms with Crippen LogP contribution in [0.1, 0.15) is 43.8 Å². The van der Waals surface area contributed by atoms with Crippen molar-refractivity contribution >= 4 is 0 Å². The highest BCUT2D eigenvalue weighted by atomic mass is 19.1. The Morgan fingerprint density at radius 3 is 2.85 bits per heavy atom. The van der Waals surface area contributed by atoms with E-state index >= 15 is 0 Å². The molecule has 110 valence electrons. The summed E-state index contributed by atoms with van der Waals surface area (Å²) in [6.45, 7) is 0.666. The predicted molar refractivity (Wildman–Crippen MR) is 73.2 cm³/mol.